The van der Waals surface area contributed by atoms with Crippen molar-refractivity contribution in [1.29, 1.82) is 0 Å². The molecule has 82 valence electrons. The minimum Gasteiger partial charge on any atom is -0.481 e. The maximum atomic E-state index is 10.9. The van der Waals surface area contributed by atoms with Crippen molar-refractivity contribution in [3.8, 4) is 0 Å². The summed E-state index contributed by atoms with van der Waals surface area (Å²) < 4.78 is 0. The Labute approximate surface area is 93.9 Å². The second-order valence-corrected chi connectivity index (χ2v) is 3.82. The summed E-state index contributed by atoms with van der Waals surface area (Å²) in [4.78, 5) is 10.9. The number of carboxylic acid groups (broad SMARTS) is 1. The van der Waals surface area contributed by atoms with Crippen molar-refractivity contribution in [2.75, 3.05) is 6.54 Å². The summed E-state index contributed by atoms with van der Waals surface area (Å²) in [6, 6.07) is 7.28. The number of hydrogen-bond donors (Lipinski definition) is 2. The molecule has 0 fully saturated rings. The molecule has 0 radical (unpaired) electrons. The summed E-state index contributed by atoms with van der Waals surface area (Å²) >= 11 is 5.95. The van der Waals surface area contributed by atoms with E-state index < -0.39 is 11.9 Å². The predicted octanol–water partition coefficient (Wildman–Crippen LogP) is 1.93. The average molecular weight is 228 g/mol. The fourth-order valence-corrected chi connectivity index (χ4v) is 1.66. The van der Waals surface area contributed by atoms with Crippen LogP contribution in [0.2, 0.25) is 5.02 Å². The minimum absolute atomic E-state index is 0.376. The van der Waals surface area contributed by atoms with Crippen molar-refractivity contribution in [2.24, 2.45) is 11.7 Å². The highest BCUT2D eigenvalue weighted by Gasteiger charge is 2.17. The second-order valence-electron chi connectivity index (χ2n) is 3.41. The largest absolute Gasteiger partial charge is 0.481 e. The van der Waals surface area contributed by atoms with E-state index in [1.54, 1.807) is 6.07 Å². The van der Waals surface area contributed by atoms with Crippen LogP contribution in [0.4, 0.5) is 0 Å². The number of nitrogens with two attached hydrogens (primary N) is 1. The standard InChI is InChI=1S/C11H14ClNO2/c12-10-4-2-1-3-8(10)7-9(5-6-13)11(14)15/h1-4,9H,5-7,13H2,(H,14,15). The number of hydrogen-bond acceptors (Lipinski definition) is 2. The predicted molar refractivity (Wildman–Crippen MR) is 60.0 cm³/mol. The summed E-state index contributed by atoms with van der Waals surface area (Å²) in [7, 11) is 0. The molecule has 1 atom stereocenters. The van der Waals surface area contributed by atoms with Gasteiger partial charge in [-0.25, -0.2) is 0 Å². The van der Waals surface area contributed by atoms with Gasteiger partial charge in [0.25, 0.3) is 0 Å². The zero-order valence-corrected chi connectivity index (χ0v) is 9.07. The van der Waals surface area contributed by atoms with E-state index in [0.29, 0.717) is 24.4 Å². The molecule has 1 aromatic rings. The molecule has 3 N–H and O–H groups in total. The summed E-state index contributed by atoms with van der Waals surface area (Å²) in [5.41, 5.74) is 6.22. The molecule has 0 bridgehead atoms. The smallest absolute Gasteiger partial charge is 0.306 e. The third-order valence-electron chi connectivity index (χ3n) is 2.29. The van der Waals surface area contributed by atoms with Gasteiger partial charge in [-0.1, -0.05) is 29.8 Å². The van der Waals surface area contributed by atoms with Gasteiger partial charge < -0.3 is 10.8 Å². The first-order valence-corrected chi connectivity index (χ1v) is 5.19. The first-order chi connectivity index (χ1) is 7.15. The monoisotopic (exact) mass is 227 g/mol. The zero-order valence-electron chi connectivity index (χ0n) is 8.32. The molecule has 0 aliphatic heterocycles. The van der Waals surface area contributed by atoms with Crippen LogP contribution >= 0.6 is 11.6 Å². The van der Waals surface area contributed by atoms with E-state index in [2.05, 4.69) is 0 Å². The van der Waals surface area contributed by atoms with Gasteiger partial charge in [0, 0.05) is 5.02 Å². The lowest BCUT2D eigenvalue weighted by atomic mass is 9.96. The third kappa shape index (κ3) is 3.53. The van der Waals surface area contributed by atoms with E-state index in [1.807, 2.05) is 18.2 Å². The van der Waals surface area contributed by atoms with Gasteiger partial charge in [0.2, 0.25) is 0 Å². The molecule has 0 spiro atoms. The fraction of sp³-hybridized carbons (Fsp3) is 0.364. The number of aliphatic carboxylic acids is 1. The highest BCUT2D eigenvalue weighted by atomic mass is 35.5. The van der Waals surface area contributed by atoms with Crippen molar-refractivity contribution >= 4 is 17.6 Å². The molecule has 4 heteroatoms. The third-order valence-corrected chi connectivity index (χ3v) is 2.66. The van der Waals surface area contributed by atoms with Gasteiger partial charge in [-0.3, -0.25) is 4.79 Å². The Balaban J connectivity index is 2.74. The Kier molecular flexibility index (Phi) is 4.59. The molecule has 0 heterocycles. The van der Waals surface area contributed by atoms with Crippen LogP contribution in [0, 0.1) is 5.92 Å². The Morgan fingerprint density at radius 2 is 2.13 bits per heavy atom. The topological polar surface area (TPSA) is 63.3 Å². The lowest BCUT2D eigenvalue weighted by Crippen LogP contribution is -2.20. The van der Waals surface area contributed by atoms with Crippen molar-refractivity contribution in [2.45, 2.75) is 12.8 Å². The summed E-state index contributed by atoms with van der Waals surface area (Å²) in [6.45, 7) is 0.376. The molecular formula is C11H14ClNO2. The maximum Gasteiger partial charge on any atom is 0.306 e. The van der Waals surface area contributed by atoms with Crippen molar-refractivity contribution in [3.05, 3.63) is 34.9 Å². The van der Waals surface area contributed by atoms with Crippen molar-refractivity contribution < 1.29 is 9.90 Å². The van der Waals surface area contributed by atoms with Gasteiger partial charge in [-0.15, -0.1) is 0 Å². The van der Waals surface area contributed by atoms with Crippen LogP contribution in [0.25, 0.3) is 0 Å². The number of rotatable bonds is 5. The normalized spacial score (nSPS) is 12.4. The molecule has 0 aliphatic rings. The van der Waals surface area contributed by atoms with Crippen LogP contribution in [0.1, 0.15) is 12.0 Å². The SMILES string of the molecule is NCCC(Cc1ccccc1Cl)C(=O)O. The van der Waals surface area contributed by atoms with E-state index in [4.69, 9.17) is 22.4 Å². The number of benzene rings is 1. The molecule has 3 nitrogen and oxygen atoms in total. The lowest BCUT2D eigenvalue weighted by Gasteiger charge is -2.11. The van der Waals surface area contributed by atoms with Crippen LogP contribution in [-0.2, 0) is 11.2 Å². The van der Waals surface area contributed by atoms with Gasteiger partial charge >= 0.3 is 5.97 Å². The fourth-order valence-electron chi connectivity index (χ4n) is 1.44. The van der Waals surface area contributed by atoms with Crippen LogP contribution < -0.4 is 5.73 Å². The summed E-state index contributed by atoms with van der Waals surface area (Å²) in [5.74, 6) is -1.27. The van der Waals surface area contributed by atoms with Gasteiger partial charge in [0.05, 0.1) is 5.92 Å². The number of carboxylic acids is 1. The molecule has 15 heavy (non-hydrogen) atoms. The Morgan fingerprint density at radius 3 is 2.67 bits per heavy atom. The molecular weight excluding hydrogens is 214 g/mol. The lowest BCUT2D eigenvalue weighted by molar-refractivity contribution is -0.141. The van der Waals surface area contributed by atoms with E-state index in [1.165, 1.54) is 0 Å². The van der Waals surface area contributed by atoms with E-state index >= 15 is 0 Å². The van der Waals surface area contributed by atoms with Crippen LogP contribution in [0.15, 0.2) is 24.3 Å². The Bertz CT molecular complexity index is 341. The first-order valence-electron chi connectivity index (χ1n) is 4.81. The number of halogens is 1. The quantitative estimate of drug-likeness (QED) is 0.808. The first kappa shape index (κ1) is 12.0. The molecule has 0 amide bonds. The molecule has 0 saturated heterocycles. The van der Waals surface area contributed by atoms with Crippen LogP contribution in [-0.4, -0.2) is 17.6 Å². The summed E-state index contributed by atoms with van der Waals surface area (Å²) in [6.07, 6.45) is 0.909. The Hall–Kier alpha value is -1.06. The number of carbonyl (C=O) groups is 1. The maximum absolute atomic E-state index is 10.9. The molecule has 0 aliphatic carbocycles. The highest BCUT2D eigenvalue weighted by molar-refractivity contribution is 6.31. The van der Waals surface area contributed by atoms with Gasteiger partial charge in [0.15, 0.2) is 0 Å². The molecule has 0 aromatic heterocycles. The summed E-state index contributed by atoms with van der Waals surface area (Å²) in [5, 5.41) is 9.57. The van der Waals surface area contributed by atoms with Gasteiger partial charge in [-0.2, -0.15) is 0 Å². The Morgan fingerprint density at radius 1 is 1.47 bits per heavy atom. The molecule has 0 saturated carbocycles. The van der Waals surface area contributed by atoms with Gasteiger partial charge in [-0.05, 0) is 31.0 Å². The van der Waals surface area contributed by atoms with Crippen molar-refractivity contribution in [1.82, 2.24) is 0 Å². The van der Waals surface area contributed by atoms with E-state index in [-0.39, 0.29) is 0 Å². The molecule has 1 aromatic carbocycles. The molecule has 1 rings (SSSR count). The highest BCUT2D eigenvalue weighted by Crippen LogP contribution is 2.20. The van der Waals surface area contributed by atoms with Crippen molar-refractivity contribution in [3.63, 3.8) is 0 Å². The van der Waals surface area contributed by atoms with Crippen LogP contribution in [0.3, 0.4) is 0 Å². The van der Waals surface area contributed by atoms with Crippen LogP contribution in [0.5, 0.6) is 0 Å². The zero-order chi connectivity index (χ0) is 11.3. The average Bonchev–Trinajstić information content (AvgIpc) is 2.20. The van der Waals surface area contributed by atoms with E-state index in [9.17, 15) is 4.79 Å². The van der Waals surface area contributed by atoms with Gasteiger partial charge in [0.1, 0.15) is 0 Å². The van der Waals surface area contributed by atoms with E-state index in [0.717, 1.165) is 5.56 Å². The minimum atomic E-state index is -0.819. The second kappa shape index (κ2) is 5.73. The molecule has 1 unspecified atom stereocenters.